The molecule has 0 bridgehead atoms. The monoisotopic (exact) mass is 252 g/mol. The van der Waals surface area contributed by atoms with Gasteiger partial charge in [0, 0.05) is 12.0 Å². The number of carbonyl (C=O) groups excluding carboxylic acids is 1. The fraction of sp³-hybridized carbons (Fsp3) is 0.615. The number of hydrogen-bond donors (Lipinski definition) is 2. The molecule has 0 aliphatic carbocycles. The van der Waals surface area contributed by atoms with E-state index in [4.69, 9.17) is 0 Å². The van der Waals surface area contributed by atoms with Crippen LogP contribution in [0.4, 0.5) is 0 Å². The van der Waals surface area contributed by atoms with Crippen molar-refractivity contribution in [1.82, 2.24) is 10.6 Å². The van der Waals surface area contributed by atoms with Crippen molar-refractivity contribution >= 4 is 17.2 Å². The van der Waals surface area contributed by atoms with Crippen molar-refractivity contribution in [2.75, 3.05) is 13.1 Å². The molecule has 1 saturated heterocycles. The molecule has 0 aromatic carbocycles. The maximum Gasteiger partial charge on any atom is 0.223 e. The Kier molecular flexibility index (Phi) is 4.57. The van der Waals surface area contributed by atoms with Gasteiger partial charge in [-0.15, -0.1) is 0 Å². The number of piperidine rings is 1. The highest BCUT2D eigenvalue weighted by Crippen LogP contribution is 2.13. The van der Waals surface area contributed by atoms with Crippen LogP contribution in [-0.2, 0) is 11.2 Å². The van der Waals surface area contributed by atoms with Gasteiger partial charge in [-0.1, -0.05) is 0 Å². The predicted molar refractivity (Wildman–Crippen MR) is 71.2 cm³/mol. The second kappa shape index (κ2) is 6.17. The van der Waals surface area contributed by atoms with Gasteiger partial charge in [-0.2, -0.15) is 11.3 Å². The Morgan fingerprint density at radius 1 is 1.59 bits per heavy atom. The number of thiophene rings is 1. The summed E-state index contributed by atoms with van der Waals surface area (Å²) >= 11 is 1.71. The summed E-state index contributed by atoms with van der Waals surface area (Å²) in [6.07, 6.45) is 2.87. The summed E-state index contributed by atoms with van der Waals surface area (Å²) in [5.41, 5.74) is 1.31. The van der Waals surface area contributed by atoms with Crippen LogP contribution in [-0.4, -0.2) is 25.0 Å². The molecular formula is C13H20N2OS. The molecule has 1 aliphatic rings. The zero-order chi connectivity index (χ0) is 12.1. The van der Waals surface area contributed by atoms with Gasteiger partial charge in [0.05, 0.1) is 0 Å². The van der Waals surface area contributed by atoms with Crippen LogP contribution in [0.5, 0.6) is 0 Å². The lowest BCUT2D eigenvalue weighted by atomic mass is 9.96. The van der Waals surface area contributed by atoms with Gasteiger partial charge in [0.2, 0.25) is 5.91 Å². The van der Waals surface area contributed by atoms with Gasteiger partial charge in [-0.05, 0) is 61.7 Å². The fourth-order valence-electron chi connectivity index (χ4n) is 2.26. The minimum atomic E-state index is 0.209. The van der Waals surface area contributed by atoms with Crippen LogP contribution in [0.2, 0.25) is 0 Å². The summed E-state index contributed by atoms with van der Waals surface area (Å²) < 4.78 is 0. The molecule has 2 heterocycles. The molecule has 1 unspecified atom stereocenters. The van der Waals surface area contributed by atoms with E-state index in [9.17, 15) is 4.79 Å². The van der Waals surface area contributed by atoms with Crippen LogP contribution in [0.1, 0.15) is 25.3 Å². The Labute approximate surface area is 107 Å². The third kappa shape index (κ3) is 3.82. The van der Waals surface area contributed by atoms with E-state index in [1.807, 2.05) is 0 Å². The smallest absolute Gasteiger partial charge is 0.223 e. The van der Waals surface area contributed by atoms with E-state index >= 15 is 0 Å². The molecule has 0 radical (unpaired) electrons. The second-order valence-corrected chi connectivity index (χ2v) is 5.55. The van der Waals surface area contributed by atoms with Crippen molar-refractivity contribution in [1.29, 1.82) is 0 Å². The standard InChI is InChI=1S/C13H20N2OS/c1-10(8-11-4-7-17-9-11)15-13(16)12-2-5-14-6-3-12/h4,7,9-10,12,14H,2-3,5-6,8H2,1H3,(H,15,16). The summed E-state index contributed by atoms with van der Waals surface area (Å²) in [7, 11) is 0. The molecule has 1 fully saturated rings. The first-order valence-electron chi connectivity index (χ1n) is 6.28. The molecule has 0 spiro atoms. The summed E-state index contributed by atoms with van der Waals surface area (Å²) in [4.78, 5) is 12.0. The summed E-state index contributed by atoms with van der Waals surface area (Å²) in [6, 6.07) is 2.35. The van der Waals surface area contributed by atoms with Gasteiger partial charge in [-0.3, -0.25) is 4.79 Å². The van der Waals surface area contributed by atoms with E-state index in [2.05, 4.69) is 34.4 Å². The predicted octanol–water partition coefficient (Wildman–Crippen LogP) is 1.79. The Bertz CT molecular complexity index is 344. The van der Waals surface area contributed by atoms with Gasteiger partial charge < -0.3 is 10.6 Å². The summed E-state index contributed by atoms with van der Waals surface area (Å²) in [5, 5.41) is 10.6. The van der Waals surface area contributed by atoms with Crippen LogP contribution in [0.15, 0.2) is 16.8 Å². The normalized spacial score (nSPS) is 18.9. The SMILES string of the molecule is CC(Cc1ccsc1)NC(=O)C1CCNCC1. The lowest BCUT2D eigenvalue weighted by molar-refractivity contribution is -0.126. The molecule has 3 nitrogen and oxygen atoms in total. The van der Waals surface area contributed by atoms with Gasteiger partial charge >= 0.3 is 0 Å². The molecule has 2 rings (SSSR count). The van der Waals surface area contributed by atoms with E-state index < -0.39 is 0 Å². The zero-order valence-corrected chi connectivity index (χ0v) is 11.1. The lowest BCUT2D eigenvalue weighted by Crippen LogP contribution is -2.42. The van der Waals surface area contributed by atoms with Crippen molar-refractivity contribution in [2.24, 2.45) is 5.92 Å². The molecule has 1 aliphatic heterocycles. The molecule has 1 amide bonds. The Morgan fingerprint density at radius 3 is 3.00 bits per heavy atom. The number of rotatable bonds is 4. The third-order valence-electron chi connectivity index (χ3n) is 3.22. The third-order valence-corrected chi connectivity index (χ3v) is 3.95. The molecule has 2 N–H and O–H groups in total. The highest BCUT2D eigenvalue weighted by molar-refractivity contribution is 7.07. The Balaban J connectivity index is 1.77. The van der Waals surface area contributed by atoms with Crippen molar-refractivity contribution in [3.05, 3.63) is 22.4 Å². The minimum Gasteiger partial charge on any atom is -0.353 e. The first-order valence-corrected chi connectivity index (χ1v) is 7.22. The zero-order valence-electron chi connectivity index (χ0n) is 10.2. The van der Waals surface area contributed by atoms with Crippen molar-refractivity contribution in [3.8, 4) is 0 Å². The average molecular weight is 252 g/mol. The first kappa shape index (κ1) is 12.6. The van der Waals surface area contributed by atoms with Crippen LogP contribution in [0.25, 0.3) is 0 Å². The molecule has 1 aromatic rings. The quantitative estimate of drug-likeness (QED) is 0.858. The van der Waals surface area contributed by atoms with E-state index in [-0.39, 0.29) is 17.9 Å². The van der Waals surface area contributed by atoms with E-state index in [1.54, 1.807) is 11.3 Å². The van der Waals surface area contributed by atoms with Crippen LogP contribution >= 0.6 is 11.3 Å². The molecule has 1 aromatic heterocycles. The lowest BCUT2D eigenvalue weighted by Gasteiger charge is -2.23. The molecule has 1 atom stereocenters. The summed E-state index contributed by atoms with van der Waals surface area (Å²) in [6.45, 7) is 4.02. The Morgan fingerprint density at radius 2 is 2.35 bits per heavy atom. The van der Waals surface area contributed by atoms with Crippen LogP contribution < -0.4 is 10.6 Å². The molecule has 17 heavy (non-hydrogen) atoms. The van der Waals surface area contributed by atoms with Crippen LogP contribution in [0.3, 0.4) is 0 Å². The highest BCUT2D eigenvalue weighted by Gasteiger charge is 2.21. The van der Waals surface area contributed by atoms with Gasteiger partial charge in [0.25, 0.3) is 0 Å². The highest BCUT2D eigenvalue weighted by atomic mass is 32.1. The fourth-order valence-corrected chi connectivity index (χ4v) is 2.94. The number of amides is 1. The second-order valence-electron chi connectivity index (χ2n) is 4.77. The number of nitrogens with one attached hydrogen (secondary N) is 2. The average Bonchev–Trinajstić information content (AvgIpc) is 2.82. The number of hydrogen-bond acceptors (Lipinski definition) is 3. The van der Waals surface area contributed by atoms with Gasteiger partial charge in [0.1, 0.15) is 0 Å². The van der Waals surface area contributed by atoms with E-state index in [0.29, 0.717) is 0 Å². The largest absolute Gasteiger partial charge is 0.353 e. The number of carbonyl (C=O) groups is 1. The molecular weight excluding hydrogens is 232 g/mol. The van der Waals surface area contributed by atoms with Crippen molar-refractivity contribution < 1.29 is 4.79 Å². The summed E-state index contributed by atoms with van der Waals surface area (Å²) in [5.74, 6) is 0.440. The first-order chi connectivity index (χ1) is 8.25. The molecule has 4 heteroatoms. The minimum absolute atomic E-state index is 0.209. The van der Waals surface area contributed by atoms with Crippen molar-refractivity contribution in [3.63, 3.8) is 0 Å². The maximum absolute atomic E-state index is 12.0. The van der Waals surface area contributed by atoms with Gasteiger partial charge in [0.15, 0.2) is 0 Å². The topological polar surface area (TPSA) is 41.1 Å². The molecule has 0 saturated carbocycles. The van der Waals surface area contributed by atoms with E-state index in [1.165, 1.54) is 5.56 Å². The van der Waals surface area contributed by atoms with Crippen molar-refractivity contribution in [2.45, 2.75) is 32.2 Å². The maximum atomic E-state index is 12.0. The van der Waals surface area contributed by atoms with Gasteiger partial charge in [-0.25, -0.2) is 0 Å². The Hall–Kier alpha value is -0.870. The van der Waals surface area contributed by atoms with E-state index in [0.717, 1.165) is 32.4 Å². The van der Waals surface area contributed by atoms with Crippen LogP contribution in [0, 0.1) is 5.92 Å². The molecule has 94 valence electrons.